The normalized spacial score (nSPS) is 19.3. The monoisotopic (exact) mass is 531 g/mol. The molecule has 2 aromatic carbocycles. The van der Waals surface area contributed by atoms with E-state index in [-0.39, 0.29) is 12.7 Å². The maximum absolute atomic E-state index is 12.0. The maximum Gasteiger partial charge on any atom is 0.407 e. The molecule has 0 aliphatic heterocycles. The topological polar surface area (TPSA) is 81.9 Å². The number of carbonyl (C=O) groups excluding carboxylic acids is 1. The number of hydrogen-bond acceptors (Lipinski definition) is 5. The average Bonchev–Trinajstić information content (AvgIpc) is 3.61. The zero-order chi connectivity index (χ0) is 23.8. The van der Waals surface area contributed by atoms with E-state index in [1.54, 1.807) is 0 Å². The zero-order valence-corrected chi connectivity index (χ0v) is 20.8. The fourth-order valence-corrected chi connectivity index (χ4v) is 5.00. The average molecular weight is 532 g/mol. The van der Waals surface area contributed by atoms with Crippen molar-refractivity contribution < 1.29 is 9.53 Å². The Balaban J connectivity index is 1.08. The second-order valence-electron chi connectivity index (χ2n) is 9.50. The van der Waals surface area contributed by atoms with Crippen molar-refractivity contribution in [2.75, 3.05) is 6.54 Å². The van der Waals surface area contributed by atoms with Gasteiger partial charge >= 0.3 is 6.09 Å². The molecule has 8 heteroatoms. The van der Waals surface area contributed by atoms with E-state index in [2.05, 4.69) is 37.1 Å². The molecule has 2 aliphatic carbocycles. The number of rotatable bonds is 7. The van der Waals surface area contributed by atoms with Crippen LogP contribution in [0.3, 0.4) is 0 Å². The largest absolute Gasteiger partial charge is 0.445 e. The van der Waals surface area contributed by atoms with E-state index >= 15 is 0 Å². The van der Waals surface area contributed by atoms with E-state index in [9.17, 15) is 4.79 Å². The summed E-state index contributed by atoms with van der Waals surface area (Å²) in [6.45, 7) is 0.910. The number of alkyl carbamates (subject to hydrolysis) is 1. The van der Waals surface area contributed by atoms with E-state index in [1.807, 2.05) is 54.7 Å². The van der Waals surface area contributed by atoms with Crippen LogP contribution in [0.2, 0.25) is 0 Å². The third kappa shape index (κ3) is 4.93. The van der Waals surface area contributed by atoms with Crippen LogP contribution in [0.15, 0.2) is 65.4 Å². The summed E-state index contributed by atoms with van der Waals surface area (Å²) in [6, 6.07) is 16.0. The molecule has 1 N–H and O–H groups in total. The van der Waals surface area contributed by atoms with Crippen molar-refractivity contribution in [1.82, 2.24) is 25.1 Å². The fraction of sp³-hybridized carbons (Fsp3) is 0.333. The van der Waals surface area contributed by atoms with Gasteiger partial charge in [-0.3, -0.25) is 9.67 Å². The summed E-state index contributed by atoms with van der Waals surface area (Å²) in [6.07, 6.45) is 7.97. The molecule has 2 aliphatic rings. The van der Waals surface area contributed by atoms with Crippen LogP contribution < -0.4 is 5.32 Å². The second-order valence-corrected chi connectivity index (χ2v) is 10.4. The predicted molar refractivity (Wildman–Crippen MR) is 137 cm³/mol. The van der Waals surface area contributed by atoms with Crippen molar-refractivity contribution in [2.24, 2.45) is 5.92 Å². The Bertz CT molecular complexity index is 1360. The van der Waals surface area contributed by atoms with Crippen LogP contribution in [0.25, 0.3) is 22.3 Å². The van der Waals surface area contributed by atoms with Crippen molar-refractivity contribution in [1.29, 1.82) is 0 Å². The quantitative estimate of drug-likeness (QED) is 0.315. The van der Waals surface area contributed by atoms with Crippen LogP contribution in [0, 0.1) is 5.92 Å². The number of hydrogen-bond donors (Lipinski definition) is 1. The predicted octanol–water partition coefficient (Wildman–Crippen LogP) is 6.01. The molecule has 2 heterocycles. The number of benzene rings is 2. The molecule has 0 saturated heterocycles. The number of nitrogens with one attached hydrogen (secondary N) is 1. The molecule has 35 heavy (non-hydrogen) atoms. The zero-order valence-electron chi connectivity index (χ0n) is 19.2. The van der Waals surface area contributed by atoms with Crippen molar-refractivity contribution >= 4 is 33.1 Å². The summed E-state index contributed by atoms with van der Waals surface area (Å²) in [5.74, 6) is 0.947. The van der Waals surface area contributed by atoms with Crippen LogP contribution in [-0.4, -0.2) is 32.4 Å². The lowest BCUT2D eigenvalue weighted by atomic mass is 9.80. The molecule has 178 valence electrons. The minimum absolute atomic E-state index is 0.286. The van der Waals surface area contributed by atoms with Gasteiger partial charge in [-0.15, -0.1) is 0 Å². The molecule has 1 amide bonds. The molecule has 6 rings (SSSR count). The van der Waals surface area contributed by atoms with Gasteiger partial charge in [0.25, 0.3) is 0 Å². The molecule has 7 nitrogen and oxygen atoms in total. The number of amides is 1. The van der Waals surface area contributed by atoms with Crippen molar-refractivity contribution in [3.63, 3.8) is 0 Å². The summed E-state index contributed by atoms with van der Waals surface area (Å²) in [5, 5.41) is 7.89. The van der Waals surface area contributed by atoms with Crippen LogP contribution in [0.4, 0.5) is 4.79 Å². The summed E-state index contributed by atoms with van der Waals surface area (Å²) in [5.41, 5.74) is 5.85. The first-order valence-electron chi connectivity index (χ1n) is 12.1. The first-order chi connectivity index (χ1) is 17.1. The van der Waals surface area contributed by atoms with Crippen molar-refractivity contribution in [2.45, 2.75) is 44.2 Å². The molecule has 0 bridgehead atoms. The van der Waals surface area contributed by atoms with Gasteiger partial charge in [-0.1, -0.05) is 46.3 Å². The van der Waals surface area contributed by atoms with Crippen LogP contribution in [0.1, 0.15) is 48.9 Å². The highest BCUT2D eigenvalue weighted by atomic mass is 79.9. The van der Waals surface area contributed by atoms with Gasteiger partial charge in [0.2, 0.25) is 0 Å². The molecule has 2 fully saturated rings. The highest BCUT2D eigenvalue weighted by Gasteiger charge is 2.35. The van der Waals surface area contributed by atoms with Gasteiger partial charge in [0, 0.05) is 28.7 Å². The van der Waals surface area contributed by atoms with Gasteiger partial charge in [-0.25, -0.2) is 9.78 Å². The van der Waals surface area contributed by atoms with E-state index in [4.69, 9.17) is 14.8 Å². The number of nitrogens with zero attached hydrogens (tertiary/aromatic N) is 4. The fourth-order valence-electron chi connectivity index (χ4n) is 4.65. The second kappa shape index (κ2) is 9.41. The van der Waals surface area contributed by atoms with E-state index < -0.39 is 0 Å². The Morgan fingerprint density at radius 3 is 2.74 bits per heavy atom. The minimum atomic E-state index is -0.365. The molecule has 4 aromatic rings. The summed E-state index contributed by atoms with van der Waals surface area (Å²) < 4.78 is 8.42. The van der Waals surface area contributed by atoms with Crippen LogP contribution in [0.5, 0.6) is 0 Å². The third-order valence-electron chi connectivity index (χ3n) is 6.84. The summed E-state index contributed by atoms with van der Waals surface area (Å²) in [7, 11) is 0. The molecule has 0 radical (unpaired) electrons. The molecule has 0 unspecified atom stereocenters. The highest BCUT2D eigenvalue weighted by molar-refractivity contribution is 9.10. The van der Waals surface area contributed by atoms with Gasteiger partial charge < -0.3 is 10.1 Å². The van der Waals surface area contributed by atoms with E-state index in [1.165, 1.54) is 12.8 Å². The highest BCUT2D eigenvalue weighted by Crippen LogP contribution is 2.45. The van der Waals surface area contributed by atoms with E-state index in [0.717, 1.165) is 50.9 Å². The summed E-state index contributed by atoms with van der Waals surface area (Å²) in [4.78, 5) is 21.6. The number of carbonyl (C=O) groups is 1. The Morgan fingerprint density at radius 1 is 1.11 bits per heavy atom. The third-order valence-corrected chi connectivity index (χ3v) is 7.33. The van der Waals surface area contributed by atoms with Gasteiger partial charge in [-0.2, -0.15) is 5.10 Å². The first-order valence-corrected chi connectivity index (χ1v) is 12.9. The molecule has 0 spiro atoms. The molecule has 0 atom stereocenters. The molecule has 2 saturated carbocycles. The first kappa shape index (κ1) is 22.2. The van der Waals surface area contributed by atoms with Gasteiger partial charge in [0.15, 0.2) is 0 Å². The lowest BCUT2D eigenvalue weighted by Crippen LogP contribution is -2.37. The van der Waals surface area contributed by atoms with Gasteiger partial charge in [-0.05, 0) is 55.4 Å². The number of halogens is 1. The van der Waals surface area contributed by atoms with E-state index in [0.29, 0.717) is 24.4 Å². The molecule has 2 aromatic heterocycles. The van der Waals surface area contributed by atoms with Gasteiger partial charge in [0.1, 0.15) is 6.61 Å². The maximum atomic E-state index is 12.0. The van der Waals surface area contributed by atoms with Crippen LogP contribution >= 0.6 is 15.9 Å². The smallest absolute Gasteiger partial charge is 0.407 e. The number of ether oxygens (including phenoxy) is 1. The Hall–Kier alpha value is -3.26. The lowest BCUT2D eigenvalue weighted by Gasteiger charge is -2.35. The Labute approximate surface area is 212 Å². The van der Waals surface area contributed by atoms with Crippen molar-refractivity contribution in [3.8, 4) is 11.3 Å². The standard InChI is InChI=1S/C27H26BrN5O2/c28-20-8-9-23-24(12-20)31-25(14-29-23)22-15-33(32-26(22)19-6-7-19)21-10-18(11-21)13-30-27(34)35-16-17-4-2-1-3-5-17/h1-5,8-9,12,14-15,18-19,21H,6-7,10-11,13,16H2,(H,30,34)/t18-,21-. The summed E-state index contributed by atoms with van der Waals surface area (Å²) >= 11 is 3.53. The Kier molecular flexibility index (Phi) is 5.98. The lowest BCUT2D eigenvalue weighted by molar-refractivity contribution is 0.128. The number of fused-ring (bicyclic) bond motifs is 1. The Morgan fingerprint density at radius 2 is 1.94 bits per heavy atom. The van der Waals surface area contributed by atoms with Gasteiger partial charge in [0.05, 0.1) is 34.7 Å². The van der Waals surface area contributed by atoms with Crippen LogP contribution in [-0.2, 0) is 11.3 Å². The van der Waals surface area contributed by atoms with Crippen molar-refractivity contribution in [3.05, 3.63) is 76.7 Å². The molecular weight excluding hydrogens is 506 g/mol. The minimum Gasteiger partial charge on any atom is -0.445 e. The molecular formula is C27H26BrN5O2. The number of aromatic nitrogens is 4. The SMILES string of the molecule is O=C(NC[C@H]1C[C@H](n2cc(-c3cnc4ccc(Br)cc4n3)c(C3CC3)n2)C1)OCc1ccccc1.